The summed E-state index contributed by atoms with van der Waals surface area (Å²) < 4.78 is 0. The summed E-state index contributed by atoms with van der Waals surface area (Å²) >= 11 is 0. The number of likely N-dealkylation sites (N-methyl/N-ethyl adjacent to an activating group) is 1. The molecule has 1 saturated heterocycles. The number of amides is 1. The molecule has 2 aromatic carbocycles. The molecule has 0 radical (unpaired) electrons. The van der Waals surface area contributed by atoms with Gasteiger partial charge in [0.25, 0.3) is 5.91 Å². The lowest BCUT2D eigenvalue weighted by Gasteiger charge is -2.35. The van der Waals surface area contributed by atoms with Gasteiger partial charge in [-0.15, -0.1) is 0 Å². The van der Waals surface area contributed by atoms with Crippen molar-refractivity contribution in [2.45, 2.75) is 19.8 Å². The van der Waals surface area contributed by atoms with Crippen LogP contribution in [0.2, 0.25) is 0 Å². The third-order valence-corrected chi connectivity index (χ3v) is 5.41. The molecular formula is C23H32N4O. The lowest BCUT2D eigenvalue weighted by atomic mass is 10.1. The van der Waals surface area contributed by atoms with E-state index in [9.17, 15) is 4.79 Å². The number of rotatable bonds is 7. The second kappa shape index (κ2) is 9.60. The molecule has 150 valence electrons. The highest BCUT2D eigenvalue weighted by molar-refractivity contribution is 6.06. The van der Waals surface area contributed by atoms with Crippen LogP contribution in [0, 0.1) is 0 Å². The maximum Gasteiger partial charge on any atom is 0.255 e. The van der Waals surface area contributed by atoms with Crippen LogP contribution in [0.15, 0.2) is 48.5 Å². The lowest BCUT2D eigenvalue weighted by molar-refractivity contribution is 0.102. The summed E-state index contributed by atoms with van der Waals surface area (Å²) in [5, 5.41) is 3.11. The first-order valence-electron chi connectivity index (χ1n) is 10.2. The minimum atomic E-state index is -0.0654. The molecule has 1 fully saturated rings. The molecule has 2 aromatic rings. The molecule has 0 saturated carbocycles. The van der Waals surface area contributed by atoms with Crippen molar-refractivity contribution >= 4 is 23.0 Å². The van der Waals surface area contributed by atoms with Gasteiger partial charge in [-0.2, -0.15) is 0 Å². The molecule has 1 N–H and O–H groups in total. The number of hydrogen-bond donors (Lipinski definition) is 1. The molecule has 0 bridgehead atoms. The highest BCUT2D eigenvalue weighted by Crippen LogP contribution is 2.27. The van der Waals surface area contributed by atoms with Gasteiger partial charge in [0.2, 0.25) is 0 Å². The molecule has 5 nitrogen and oxygen atoms in total. The van der Waals surface area contributed by atoms with Crippen LogP contribution in [0.25, 0.3) is 0 Å². The van der Waals surface area contributed by atoms with E-state index in [1.54, 1.807) is 0 Å². The molecule has 28 heavy (non-hydrogen) atoms. The Labute approximate surface area is 168 Å². The van der Waals surface area contributed by atoms with Crippen LogP contribution in [0.5, 0.6) is 0 Å². The first-order chi connectivity index (χ1) is 13.6. The Hall–Kier alpha value is -2.53. The van der Waals surface area contributed by atoms with Gasteiger partial charge in [0.15, 0.2) is 0 Å². The van der Waals surface area contributed by atoms with Crippen molar-refractivity contribution in [3.05, 3.63) is 54.1 Å². The van der Waals surface area contributed by atoms with E-state index in [1.165, 1.54) is 12.8 Å². The monoisotopic (exact) mass is 380 g/mol. The van der Waals surface area contributed by atoms with E-state index in [4.69, 9.17) is 0 Å². The minimum absolute atomic E-state index is 0.0654. The molecule has 1 aliphatic rings. The number of para-hydroxylation sites is 2. The molecule has 0 atom stereocenters. The first-order valence-corrected chi connectivity index (χ1v) is 10.2. The molecule has 1 heterocycles. The average molecular weight is 381 g/mol. The van der Waals surface area contributed by atoms with Crippen molar-refractivity contribution < 1.29 is 4.79 Å². The number of nitrogens with one attached hydrogen (secondary N) is 1. The van der Waals surface area contributed by atoms with Crippen molar-refractivity contribution in [1.82, 2.24) is 4.90 Å². The Morgan fingerprint density at radius 1 is 1.04 bits per heavy atom. The number of benzene rings is 2. The summed E-state index contributed by atoms with van der Waals surface area (Å²) in [7, 11) is 4.24. The molecule has 0 unspecified atom stereocenters. The molecule has 5 heteroatoms. The first kappa shape index (κ1) is 20.2. The quantitative estimate of drug-likeness (QED) is 0.790. The number of carbonyl (C=O) groups excluding carboxylic acids is 1. The van der Waals surface area contributed by atoms with E-state index in [1.807, 2.05) is 42.5 Å². The largest absolute Gasteiger partial charge is 0.375 e. The van der Waals surface area contributed by atoms with E-state index in [-0.39, 0.29) is 5.91 Å². The second-order valence-corrected chi connectivity index (χ2v) is 7.58. The molecule has 0 spiro atoms. The van der Waals surface area contributed by atoms with Gasteiger partial charge in [0, 0.05) is 51.0 Å². The maximum atomic E-state index is 12.8. The Bertz CT molecular complexity index is 766. The van der Waals surface area contributed by atoms with Gasteiger partial charge >= 0.3 is 0 Å². The fourth-order valence-corrected chi connectivity index (χ4v) is 3.49. The van der Waals surface area contributed by atoms with Crippen LogP contribution in [0.4, 0.5) is 17.1 Å². The predicted octanol–water partition coefficient (Wildman–Crippen LogP) is 3.93. The summed E-state index contributed by atoms with van der Waals surface area (Å²) in [4.78, 5) is 19.7. The summed E-state index contributed by atoms with van der Waals surface area (Å²) in [5.74, 6) is -0.0654. The van der Waals surface area contributed by atoms with E-state index in [2.05, 4.69) is 47.1 Å². The number of unbranched alkanes of at least 4 members (excludes halogenated alkanes) is 1. The number of anilines is 3. The number of nitrogens with zero attached hydrogens (tertiary/aromatic N) is 3. The summed E-state index contributed by atoms with van der Waals surface area (Å²) in [6, 6.07) is 15.9. The van der Waals surface area contributed by atoms with Crippen LogP contribution >= 0.6 is 0 Å². The standard InChI is InChI=1S/C23H32N4O/c1-4-5-14-26(3)20-12-10-19(11-13-20)23(28)24-21-8-6-7-9-22(21)27-17-15-25(2)16-18-27/h6-13H,4-5,14-18H2,1-3H3,(H,24,28). The third-order valence-electron chi connectivity index (χ3n) is 5.41. The zero-order chi connectivity index (χ0) is 19.9. The fraction of sp³-hybridized carbons (Fsp3) is 0.435. The van der Waals surface area contributed by atoms with Crippen molar-refractivity contribution in [3.63, 3.8) is 0 Å². The normalized spacial score (nSPS) is 14.8. The number of hydrogen-bond acceptors (Lipinski definition) is 4. The molecule has 1 aliphatic heterocycles. The van der Waals surface area contributed by atoms with Crippen LogP contribution < -0.4 is 15.1 Å². The van der Waals surface area contributed by atoms with Crippen molar-refractivity contribution in [2.75, 3.05) is 61.9 Å². The van der Waals surface area contributed by atoms with E-state index in [0.29, 0.717) is 5.56 Å². The Kier molecular flexibility index (Phi) is 6.93. The average Bonchev–Trinajstić information content (AvgIpc) is 2.73. The topological polar surface area (TPSA) is 38.8 Å². The van der Waals surface area contributed by atoms with E-state index < -0.39 is 0 Å². The second-order valence-electron chi connectivity index (χ2n) is 7.58. The summed E-state index contributed by atoms with van der Waals surface area (Å²) in [6.07, 6.45) is 2.35. The van der Waals surface area contributed by atoms with Gasteiger partial charge in [-0.3, -0.25) is 4.79 Å². The molecule has 0 aliphatic carbocycles. The Morgan fingerprint density at radius 2 is 1.71 bits per heavy atom. The van der Waals surface area contributed by atoms with Gasteiger partial charge < -0.3 is 20.0 Å². The van der Waals surface area contributed by atoms with Crippen LogP contribution in [0.1, 0.15) is 30.1 Å². The number of piperazine rings is 1. The highest BCUT2D eigenvalue weighted by Gasteiger charge is 2.18. The van der Waals surface area contributed by atoms with Gasteiger partial charge in [-0.1, -0.05) is 25.5 Å². The van der Waals surface area contributed by atoms with Gasteiger partial charge in [-0.05, 0) is 49.9 Å². The molecule has 3 rings (SSSR count). The maximum absolute atomic E-state index is 12.8. The minimum Gasteiger partial charge on any atom is -0.375 e. The predicted molar refractivity (Wildman–Crippen MR) is 119 cm³/mol. The van der Waals surface area contributed by atoms with Gasteiger partial charge in [0.05, 0.1) is 11.4 Å². The molecule has 1 amide bonds. The van der Waals surface area contributed by atoms with Crippen molar-refractivity contribution in [2.24, 2.45) is 0 Å². The van der Waals surface area contributed by atoms with Crippen LogP contribution in [0.3, 0.4) is 0 Å². The highest BCUT2D eigenvalue weighted by atomic mass is 16.1. The third kappa shape index (κ3) is 5.04. The van der Waals surface area contributed by atoms with E-state index in [0.717, 1.165) is 49.8 Å². The van der Waals surface area contributed by atoms with Crippen LogP contribution in [-0.4, -0.2) is 57.6 Å². The van der Waals surface area contributed by atoms with Crippen molar-refractivity contribution in [3.8, 4) is 0 Å². The number of carbonyl (C=O) groups is 1. The summed E-state index contributed by atoms with van der Waals surface area (Å²) in [5.41, 5.74) is 3.80. The Morgan fingerprint density at radius 3 is 2.39 bits per heavy atom. The van der Waals surface area contributed by atoms with Crippen LogP contribution in [-0.2, 0) is 0 Å². The molecule has 0 aromatic heterocycles. The SMILES string of the molecule is CCCCN(C)c1ccc(C(=O)Nc2ccccc2N2CCN(C)CC2)cc1. The zero-order valence-corrected chi connectivity index (χ0v) is 17.3. The zero-order valence-electron chi connectivity index (χ0n) is 17.3. The van der Waals surface area contributed by atoms with Gasteiger partial charge in [0.1, 0.15) is 0 Å². The smallest absolute Gasteiger partial charge is 0.255 e. The molecular weight excluding hydrogens is 348 g/mol. The van der Waals surface area contributed by atoms with Crippen molar-refractivity contribution in [1.29, 1.82) is 0 Å². The fourth-order valence-electron chi connectivity index (χ4n) is 3.49. The summed E-state index contributed by atoms with van der Waals surface area (Å²) in [6.45, 7) is 7.25. The Balaban J connectivity index is 1.68. The van der Waals surface area contributed by atoms with Gasteiger partial charge in [-0.25, -0.2) is 0 Å². The lowest BCUT2D eigenvalue weighted by Crippen LogP contribution is -2.44. The van der Waals surface area contributed by atoms with E-state index >= 15 is 0 Å².